The predicted molar refractivity (Wildman–Crippen MR) is 114 cm³/mol. The molecule has 152 valence electrons. The SMILES string of the molecule is CCCCN(Cc1nc2ccccc2c(=O)[nH]1)C(=O)C(C)Oc1cccc(C)c1. The first kappa shape index (κ1) is 20.6. The number of fused-ring (bicyclic) bond motifs is 1. The largest absolute Gasteiger partial charge is 0.481 e. The van der Waals surface area contributed by atoms with Crippen molar-refractivity contribution < 1.29 is 9.53 Å². The number of aromatic nitrogens is 2. The molecule has 3 aromatic rings. The lowest BCUT2D eigenvalue weighted by molar-refractivity contribution is -0.138. The van der Waals surface area contributed by atoms with Crippen molar-refractivity contribution in [3.05, 3.63) is 70.3 Å². The van der Waals surface area contributed by atoms with Crippen LogP contribution in [0.1, 0.15) is 38.1 Å². The van der Waals surface area contributed by atoms with Gasteiger partial charge in [-0.25, -0.2) is 4.98 Å². The minimum atomic E-state index is -0.638. The van der Waals surface area contributed by atoms with Gasteiger partial charge in [0.2, 0.25) is 0 Å². The Hall–Kier alpha value is -3.15. The molecule has 0 saturated heterocycles. The lowest BCUT2D eigenvalue weighted by atomic mass is 10.2. The van der Waals surface area contributed by atoms with Crippen LogP contribution in [0.15, 0.2) is 53.3 Å². The summed E-state index contributed by atoms with van der Waals surface area (Å²) in [5.74, 6) is 1.01. The van der Waals surface area contributed by atoms with E-state index in [2.05, 4.69) is 16.9 Å². The number of rotatable bonds is 8. The van der Waals surface area contributed by atoms with E-state index in [1.807, 2.05) is 37.3 Å². The third-order valence-corrected chi connectivity index (χ3v) is 4.75. The molecule has 0 fully saturated rings. The highest BCUT2D eigenvalue weighted by Gasteiger charge is 2.23. The summed E-state index contributed by atoms with van der Waals surface area (Å²) in [5.41, 5.74) is 1.50. The first-order valence-corrected chi connectivity index (χ1v) is 9.98. The second kappa shape index (κ2) is 9.37. The fourth-order valence-electron chi connectivity index (χ4n) is 3.21. The van der Waals surface area contributed by atoms with Crippen molar-refractivity contribution in [2.75, 3.05) is 6.54 Å². The fourth-order valence-corrected chi connectivity index (χ4v) is 3.21. The number of aromatic amines is 1. The number of nitrogens with zero attached hydrogens (tertiary/aromatic N) is 2. The molecule has 0 aliphatic rings. The molecule has 6 heteroatoms. The minimum absolute atomic E-state index is 0.129. The number of nitrogens with one attached hydrogen (secondary N) is 1. The van der Waals surface area contributed by atoms with E-state index < -0.39 is 6.10 Å². The maximum absolute atomic E-state index is 13.1. The van der Waals surface area contributed by atoms with Crippen molar-refractivity contribution in [3.8, 4) is 5.75 Å². The molecular formula is C23H27N3O3. The van der Waals surface area contributed by atoms with Crippen molar-refractivity contribution >= 4 is 16.8 Å². The Labute approximate surface area is 170 Å². The van der Waals surface area contributed by atoms with Gasteiger partial charge in [-0.1, -0.05) is 37.6 Å². The number of amides is 1. The van der Waals surface area contributed by atoms with E-state index >= 15 is 0 Å². The number of unbranched alkanes of at least 4 members (excludes halogenated alkanes) is 1. The van der Waals surface area contributed by atoms with E-state index in [0.717, 1.165) is 18.4 Å². The highest BCUT2D eigenvalue weighted by atomic mass is 16.5. The Balaban J connectivity index is 1.79. The fraction of sp³-hybridized carbons (Fsp3) is 0.348. The summed E-state index contributed by atoms with van der Waals surface area (Å²) < 4.78 is 5.87. The quantitative estimate of drug-likeness (QED) is 0.631. The summed E-state index contributed by atoms with van der Waals surface area (Å²) in [5, 5.41) is 0.541. The monoisotopic (exact) mass is 393 g/mol. The van der Waals surface area contributed by atoms with Crippen LogP contribution in [0.2, 0.25) is 0 Å². The smallest absolute Gasteiger partial charge is 0.263 e. The van der Waals surface area contributed by atoms with Crippen LogP contribution in [-0.4, -0.2) is 33.4 Å². The molecule has 1 atom stereocenters. The Kier molecular flexibility index (Phi) is 6.65. The molecule has 0 bridgehead atoms. The number of benzene rings is 2. The molecule has 3 rings (SSSR count). The first-order chi connectivity index (χ1) is 14.0. The zero-order valence-electron chi connectivity index (χ0n) is 17.1. The van der Waals surface area contributed by atoms with Crippen LogP contribution >= 0.6 is 0 Å². The molecule has 1 aromatic heterocycles. The van der Waals surface area contributed by atoms with Crippen LogP contribution < -0.4 is 10.3 Å². The van der Waals surface area contributed by atoms with Crippen molar-refractivity contribution in [2.24, 2.45) is 0 Å². The third kappa shape index (κ3) is 5.22. The number of H-pyrrole nitrogens is 1. The number of ether oxygens (including phenoxy) is 1. The number of aryl methyl sites for hydroxylation is 1. The van der Waals surface area contributed by atoms with E-state index in [4.69, 9.17) is 4.74 Å². The zero-order chi connectivity index (χ0) is 20.8. The van der Waals surface area contributed by atoms with Gasteiger partial charge in [0.25, 0.3) is 11.5 Å². The van der Waals surface area contributed by atoms with Crippen molar-refractivity contribution in [2.45, 2.75) is 46.3 Å². The van der Waals surface area contributed by atoms with Gasteiger partial charge >= 0.3 is 0 Å². The summed E-state index contributed by atoms with van der Waals surface area (Å²) in [4.78, 5) is 34.5. The molecule has 6 nitrogen and oxygen atoms in total. The van der Waals surface area contributed by atoms with Crippen LogP contribution in [0.25, 0.3) is 10.9 Å². The van der Waals surface area contributed by atoms with Crippen LogP contribution in [0.5, 0.6) is 5.75 Å². The number of para-hydroxylation sites is 1. The van der Waals surface area contributed by atoms with E-state index in [1.165, 1.54) is 0 Å². The molecule has 29 heavy (non-hydrogen) atoms. The Morgan fingerprint density at radius 3 is 2.76 bits per heavy atom. The number of hydrogen-bond donors (Lipinski definition) is 1. The Morgan fingerprint density at radius 1 is 1.21 bits per heavy atom. The molecule has 0 aliphatic carbocycles. The highest BCUT2D eigenvalue weighted by molar-refractivity contribution is 5.81. The van der Waals surface area contributed by atoms with Gasteiger partial charge in [-0.3, -0.25) is 9.59 Å². The molecule has 1 amide bonds. The summed E-state index contributed by atoms with van der Waals surface area (Å²) in [6.07, 6.45) is 1.18. The zero-order valence-corrected chi connectivity index (χ0v) is 17.1. The minimum Gasteiger partial charge on any atom is -0.481 e. The molecule has 0 saturated carbocycles. The van der Waals surface area contributed by atoms with Crippen LogP contribution in [0.4, 0.5) is 0 Å². The average molecular weight is 393 g/mol. The Bertz CT molecular complexity index is 1040. The molecule has 1 N–H and O–H groups in total. The lowest BCUT2D eigenvalue weighted by Crippen LogP contribution is -2.41. The molecule has 0 radical (unpaired) electrons. The van der Waals surface area contributed by atoms with Crippen molar-refractivity contribution in [3.63, 3.8) is 0 Å². The van der Waals surface area contributed by atoms with Gasteiger partial charge in [0.1, 0.15) is 11.6 Å². The summed E-state index contributed by atoms with van der Waals surface area (Å²) in [6.45, 7) is 6.62. The molecule has 0 aliphatic heterocycles. The second-order valence-corrected chi connectivity index (χ2v) is 7.22. The van der Waals surface area contributed by atoms with Crippen LogP contribution in [0, 0.1) is 6.92 Å². The van der Waals surface area contributed by atoms with E-state index in [9.17, 15) is 9.59 Å². The van der Waals surface area contributed by atoms with Gasteiger partial charge in [-0.2, -0.15) is 0 Å². The molecule has 1 heterocycles. The second-order valence-electron chi connectivity index (χ2n) is 7.22. The van der Waals surface area contributed by atoms with E-state index in [-0.39, 0.29) is 18.0 Å². The van der Waals surface area contributed by atoms with Gasteiger partial charge in [0, 0.05) is 6.54 Å². The first-order valence-electron chi connectivity index (χ1n) is 9.98. The number of hydrogen-bond acceptors (Lipinski definition) is 4. The Morgan fingerprint density at radius 2 is 2.00 bits per heavy atom. The van der Waals surface area contributed by atoms with E-state index in [1.54, 1.807) is 30.0 Å². The standard InChI is InChI=1S/C23H27N3O3/c1-4-5-13-26(23(28)17(3)29-18-10-8-9-16(2)14-18)15-21-24-20-12-7-6-11-19(20)22(27)25-21/h6-12,14,17H,4-5,13,15H2,1-3H3,(H,24,25,27). The van der Waals surface area contributed by atoms with Gasteiger partial charge < -0.3 is 14.6 Å². The molecular weight excluding hydrogens is 366 g/mol. The van der Waals surface area contributed by atoms with E-state index in [0.29, 0.717) is 29.0 Å². The van der Waals surface area contributed by atoms with Crippen molar-refractivity contribution in [1.29, 1.82) is 0 Å². The van der Waals surface area contributed by atoms with Crippen LogP contribution in [0.3, 0.4) is 0 Å². The number of carbonyl (C=O) groups is 1. The number of carbonyl (C=O) groups excluding carboxylic acids is 1. The normalized spacial score (nSPS) is 12.0. The third-order valence-electron chi connectivity index (χ3n) is 4.75. The van der Waals surface area contributed by atoms with Gasteiger partial charge in [0.15, 0.2) is 6.10 Å². The molecule has 2 aromatic carbocycles. The predicted octanol–water partition coefficient (Wildman–Crippen LogP) is 3.83. The van der Waals surface area contributed by atoms with Crippen molar-refractivity contribution in [1.82, 2.24) is 14.9 Å². The lowest BCUT2D eigenvalue weighted by Gasteiger charge is -2.26. The van der Waals surface area contributed by atoms with Gasteiger partial charge in [-0.15, -0.1) is 0 Å². The van der Waals surface area contributed by atoms with Gasteiger partial charge in [0.05, 0.1) is 17.4 Å². The topological polar surface area (TPSA) is 75.3 Å². The highest BCUT2D eigenvalue weighted by Crippen LogP contribution is 2.16. The maximum atomic E-state index is 13.1. The molecule has 0 spiro atoms. The van der Waals surface area contributed by atoms with Gasteiger partial charge in [-0.05, 0) is 50.1 Å². The molecule has 1 unspecified atom stereocenters. The summed E-state index contributed by atoms with van der Waals surface area (Å²) >= 11 is 0. The van der Waals surface area contributed by atoms with Crippen LogP contribution in [-0.2, 0) is 11.3 Å². The maximum Gasteiger partial charge on any atom is 0.263 e. The summed E-state index contributed by atoms with van der Waals surface area (Å²) in [7, 11) is 0. The average Bonchev–Trinajstić information content (AvgIpc) is 2.70. The summed E-state index contributed by atoms with van der Waals surface area (Å²) in [6, 6.07) is 14.8.